The maximum Gasteiger partial charge on any atom is 0.300 e. The number of ketones is 1. The molecule has 1 atom stereocenters. The van der Waals surface area contributed by atoms with Crippen molar-refractivity contribution < 1.29 is 33.3 Å². The van der Waals surface area contributed by atoms with Crippen LogP contribution in [-0.2, 0) is 15.0 Å². The lowest BCUT2D eigenvalue weighted by atomic mass is 9.84. The molecule has 0 radical (unpaired) electrons. The van der Waals surface area contributed by atoms with E-state index in [0.717, 1.165) is 28.7 Å². The average Bonchev–Trinajstić information content (AvgIpc) is 3.09. The molecular weight excluding hydrogens is 468 g/mol. The molecule has 36 heavy (non-hydrogen) atoms. The quantitative estimate of drug-likeness (QED) is 0.281. The van der Waals surface area contributed by atoms with Crippen molar-refractivity contribution in [2.45, 2.75) is 32.2 Å². The number of methoxy groups -OCH3 is 1. The van der Waals surface area contributed by atoms with Gasteiger partial charge >= 0.3 is 0 Å². The van der Waals surface area contributed by atoms with Gasteiger partial charge in [0.1, 0.15) is 28.9 Å². The fourth-order valence-electron chi connectivity index (χ4n) is 4.36. The Morgan fingerprint density at radius 1 is 1.00 bits per heavy atom. The van der Waals surface area contributed by atoms with E-state index >= 15 is 0 Å². The van der Waals surface area contributed by atoms with Crippen molar-refractivity contribution in [1.29, 1.82) is 0 Å². The van der Waals surface area contributed by atoms with E-state index in [1.165, 1.54) is 31.4 Å². The summed E-state index contributed by atoms with van der Waals surface area (Å²) in [4.78, 5) is 27.2. The number of benzene rings is 3. The Bertz CT molecular complexity index is 1410. The molecule has 0 spiro atoms. The molecule has 8 heteroatoms. The van der Waals surface area contributed by atoms with E-state index in [2.05, 4.69) is 0 Å². The summed E-state index contributed by atoms with van der Waals surface area (Å²) in [5, 5.41) is 21.4. The number of aromatic hydroxyl groups is 1. The Kier molecular flexibility index (Phi) is 6.30. The number of carbonyl (C=O) groups excluding carboxylic acids is 2. The van der Waals surface area contributed by atoms with Crippen LogP contribution in [0.3, 0.4) is 0 Å². The Labute approximate surface area is 207 Å². The minimum atomic E-state index is -1.33. The van der Waals surface area contributed by atoms with Gasteiger partial charge in [0.2, 0.25) is 0 Å². The molecule has 0 aliphatic carbocycles. The molecule has 0 bridgehead atoms. The normalized spacial score (nSPS) is 17.5. The van der Waals surface area contributed by atoms with E-state index < -0.39 is 40.8 Å². The number of anilines is 1. The van der Waals surface area contributed by atoms with Crippen LogP contribution in [-0.4, -0.2) is 29.0 Å². The smallest absolute Gasteiger partial charge is 0.300 e. The van der Waals surface area contributed by atoms with Crippen LogP contribution in [0, 0.1) is 11.6 Å². The summed E-state index contributed by atoms with van der Waals surface area (Å²) >= 11 is 0. The van der Waals surface area contributed by atoms with E-state index in [0.29, 0.717) is 5.75 Å². The number of aliphatic hydroxyl groups is 1. The molecule has 186 valence electrons. The highest BCUT2D eigenvalue weighted by molar-refractivity contribution is 6.51. The van der Waals surface area contributed by atoms with Gasteiger partial charge in [-0.2, -0.15) is 0 Å². The van der Waals surface area contributed by atoms with Gasteiger partial charge in [-0.15, -0.1) is 0 Å². The van der Waals surface area contributed by atoms with Crippen LogP contribution in [0.4, 0.5) is 14.5 Å². The van der Waals surface area contributed by atoms with Gasteiger partial charge in [-0.1, -0.05) is 32.9 Å². The topological polar surface area (TPSA) is 87.1 Å². The summed E-state index contributed by atoms with van der Waals surface area (Å²) in [7, 11) is 1.52. The SMILES string of the molecule is COc1ccc(/C(O)=C2/C(=O)C(=O)N(c3cc(F)ccc3F)C2c2cccc(O)c2)cc1C(C)(C)C. The summed E-state index contributed by atoms with van der Waals surface area (Å²) in [6.07, 6.45) is 0. The Hall–Kier alpha value is -4.20. The minimum absolute atomic E-state index is 0.169. The second-order valence-corrected chi connectivity index (χ2v) is 9.52. The number of Topliss-reactive ketones (excluding diaryl/α,β-unsaturated/α-hetero) is 1. The van der Waals surface area contributed by atoms with Crippen molar-refractivity contribution >= 4 is 23.1 Å². The predicted octanol–water partition coefficient (Wildman–Crippen LogP) is 5.60. The number of ether oxygens (including phenoxy) is 1. The number of phenols is 1. The van der Waals surface area contributed by atoms with E-state index in [4.69, 9.17) is 4.74 Å². The van der Waals surface area contributed by atoms with Crippen molar-refractivity contribution in [2.24, 2.45) is 0 Å². The van der Waals surface area contributed by atoms with Gasteiger partial charge < -0.3 is 14.9 Å². The fraction of sp³-hybridized carbons (Fsp3) is 0.214. The largest absolute Gasteiger partial charge is 0.508 e. The molecule has 1 saturated heterocycles. The number of carbonyl (C=O) groups is 2. The van der Waals surface area contributed by atoms with Crippen molar-refractivity contribution in [1.82, 2.24) is 0 Å². The second-order valence-electron chi connectivity index (χ2n) is 9.52. The first kappa shape index (κ1) is 24.9. The third-order valence-corrected chi connectivity index (χ3v) is 6.08. The van der Waals surface area contributed by atoms with Crippen molar-refractivity contribution in [3.05, 3.63) is 94.6 Å². The molecule has 0 aromatic heterocycles. The maximum atomic E-state index is 14.8. The van der Waals surface area contributed by atoms with E-state index in [1.807, 2.05) is 20.8 Å². The Balaban J connectivity index is 2.00. The minimum Gasteiger partial charge on any atom is -0.508 e. The molecule has 3 aromatic carbocycles. The zero-order valence-electron chi connectivity index (χ0n) is 20.2. The van der Waals surface area contributed by atoms with Crippen LogP contribution in [0.15, 0.2) is 66.2 Å². The predicted molar refractivity (Wildman–Crippen MR) is 131 cm³/mol. The zero-order chi connectivity index (χ0) is 26.4. The average molecular weight is 494 g/mol. The van der Waals surface area contributed by atoms with Crippen LogP contribution >= 0.6 is 0 Å². The van der Waals surface area contributed by atoms with Crippen molar-refractivity contribution in [3.63, 3.8) is 0 Å². The van der Waals surface area contributed by atoms with Gasteiger partial charge in [0.05, 0.1) is 24.4 Å². The molecule has 1 heterocycles. The third-order valence-electron chi connectivity index (χ3n) is 6.08. The number of rotatable bonds is 4. The zero-order valence-corrected chi connectivity index (χ0v) is 20.2. The molecule has 1 amide bonds. The van der Waals surface area contributed by atoms with Crippen LogP contribution in [0.1, 0.15) is 43.5 Å². The third kappa shape index (κ3) is 4.30. The van der Waals surface area contributed by atoms with Gasteiger partial charge in [-0.05, 0) is 53.4 Å². The van der Waals surface area contributed by atoms with Gasteiger partial charge in [0, 0.05) is 17.2 Å². The molecule has 6 nitrogen and oxygen atoms in total. The van der Waals surface area contributed by atoms with Gasteiger partial charge in [-0.25, -0.2) is 8.78 Å². The summed E-state index contributed by atoms with van der Waals surface area (Å²) in [5.74, 6) is -4.04. The van der Waals surface area contributed by atoms with Crippen molar-refractivity contribution in [2.75, 3.05) is 12.0 Å². The highest BCUT2D eigenvalue weighted by atomic mass is 19.1. The van der Waals surface area contributed by atoms with Crippen LogP contribution in [0.25, 0.3) is 5.76 Å². The molecule has 3 aromatic rings. The molecule has 4 rings (SSSR count). The van der Waals surface area contributed by atoms with E-state index in [9.17, 15) is 28.6 Å². The lowest BCUT2D eigenvalue weighted by Crippen LogP contribution is -2.30. The first-order chi connectivity index (χ1) is 16.9. The molecule has 1 aliphatic heterocycles. The Morgan fingerprint density at radius 3 is 2.36 bits per heavy atom. The Morgan fingerprint density at radius 2 is 1.72 bits per heavy atom. The lowest BCUT2D eigenvalue weighted by Gasteiger charge is -2.26. The molecular formula is C28H25F2NO5. The first-order valence-electron chi connectivity index (χ1n) is 11.2. The first-order valence-corrected chi connectivity index (χ1v) is 11.2. The molecule has 1 aliphatic rings. The van der Waals surface area contributed by atoms with Crippen LogP contribution in [0.2, 0.25) is 0 Å². The van der Waals surface area contributed by atoms with Crippen LogP contribution < -0.4 is 9.64 Å². The van der Waals surface area contributed by atoms with Gasteiger partial charge in [-0.3, -0.25) is 14.5 Å². The molecule has 0 saturated carbocycles. The summed E-state index contributed by atoms with van der Waals surface area (Å²) in [5.41, 5.74) is 0.0400. The molecule has 2 N–H and O–H groups in total. The number of halogens is 2. The van der Waals surface area contributed by atoms with E-state index in [-0.39, 0.29) is 27.9 Å². The van der Waals surface area contributed by atoms with E-state index in [1.54, 1.807) is 18.2 Å². The second kappa shape index (κ2) is 9.11. The number of nitrogens with zero attached hydrogens (tertiary/aromatic N) is 1. The highest BCUT2D eigenvalue weighted by Gasteiger charge is 2.48. The number of hydrogen-bond donors (Lipinski definition) is 2. The standard InChI is InChI=1S/C28H25F2NO5/c1-28(2,3)19-13-16(8-11-22(19)36-4)25(33)23-24(15-6-5-7-18(32)12-15)31(27(35)26(23)34)21-14-17(29)9-10-20(21)30/h5-14,24,32-33H,1-4H3/b25-23-. The number of amides is 1. The highest BCUT2D eigenvalue weighted by Crippen LogP contribution is 2.44. The summed E-state index contributed by atoms with van der Waals surface area (Å²) in [6, 6.07) is 11.7. The molecule has 1 unspecified atom stereocenters. The number of hydrogen-bond acceptors (Lipinski definition) is 5. The van der Waals surface area contributed by atoms with Crippen LogP contribution in [0.5, 0.6) is 11.5 Å². The van der Waals surface area contributed by atoms with Gasteiger partial charge in [0.25, 0.3) is 11.7 Å². The monoisotopic (exact) mass is 493 g/mol. The fourth-order valence-corrected chi connectivity index (χ4v) is 4.36. The number of phenolic OH excluding ortho intramolecular Hbond substituents is 1. The number of aliphatic hydroxyl groups excluding tert-OH is 1. The lowest BCUT2D eigenvalue weighted by molar-refractivity contribution is -0.132. The van der Waals surface area contributed by atoms with Crippen molar-refractivity contribution in [3.8, 4) is 11.5 Å². The summed E-state index contributed by atoms with van der Waals surface area (Å²) in [6.45, 7) is 5.85. The molecule has 1 fully saturated rings. The van der Waals surface area contributed by atoms with Gasteiger partial charge in [0.15, 0.2) is 0 Å². The maximum absolute atomic E-state index is 14.8. The summed E-state index contributed by atoms with van der Waals surface area (Å²) < 4.78 is 34.3.